The second-order valence-corrected chi connectivity index (χ2v) is 7.19. The Morgan fingerprint density at radius 1 is 1.00 bits per heavy atom. The van der Waals surface area contributed by atoms with E-state index in [1.54, 1.807) is 12.1 Å². The maximum Gasteiger partial charge on any atom is 0.338 e. The van der Waals surface area contributed by atoms with Gasteiger partial charge in [-0.3, -0.25) is 4.79 Å². The molecule has 2 aromatic carbocycles. The fourth-order valence-corrected chi connectivity index (χ4v) is 3.02. The van der Waals surface area contributed by atoms with E-state index in [4.69, 9.17) is 4.74 Å². The van der Waals surface area contributed by atoms with Gasteiger partial charge in [0.15, 0.2) is 6.61 Å². The number of carbonyl (C=O) groups is 2. The Balaban J connectivity index is 1.92. The molecular formula is C22H27NO3. The molecule has 138 valence electrons. The maximum absolute atomic E-state index is 12.1. The van der Waals surface area contributed by atoms with Crippen molar-refractivity contribution in [3.8, 4) is 0 Å². The molecule has 0 fully saturated rings. The topological polar surface area (TPSA) is 55.4 Å². The lowest BCUT2D eigenvalue weighted by Crippen LogP contribution is -2.22. The van der Waals surface area contributed by atoms with Gasteiger partial charge in [0.25, 0.3) is 5.91 Å². The van der Waals surface area contributed by atoms with Gasteiger partial charge in [-0.25, -0.2) is 4.79 Å². The summed E-state index contributed by atoms with van der Waals surface area (Å²) in [6.45, 7) is 9.90. The number of anilines is 1. The first kappa shape index (κ1) is 19.7. The minimum absolute atomic E-state index is 0.306. The Bertz CT molecular complexity index is 769. The average Bonchev–Trinajstić information content (AvgIpc) is 2.56. The Hall–Kier alpha value is -2.62. The largest absolute Gasteiger partial charge is 0.452 e. The second-order valence-electron chi connectivity index (χ2n) is 7.19. The molecular weight excluding hydrogens is 326 g/mol. The van der Waals surface area contributed by atoms with E-state index in [0.29, 0.717) is 11.5 Å². The third-order valence-electron chi connectivity index (χ3n) is 4.11. The average molecular weight is 353 g/mol. The van der Waals surface area contributed by atoms with Crippen molar-refractivity contribution >= 4 is 17.6 Å². The molecule has 2 rings (SSSR count). The highest BCUT2D eigenvalue weighted by molar-refractivity contribution is 5.96. The predicted molar refractivity (Wildman–Crippen MR) is 105 cm³/mol. The number of amides is 1. The number of carbonyl (C=O) groups excluding carboxylic acids is 2. The summed E-state index contributed by atoms with van der Waals surface area (Å²) < 4.78 is 5.14. The molecule has 0 aliphatic rings. The number of esters is 1. The van der Waals surface area contributed by atoms with Crippen LogP contribution in [0.3, 0.4) is 0 Å². The maximum atomic E-state index is 12.1. The van der Waals surface area contributed by atoms with E-state index in [-0.39, 0.29) is 12.5 Å². The molecule has 0 unspecified atom stereocenters. The summed E-state index contributed by atoms with van der Waals surface area (Å²) in [6, 6.07) is 11.4. The minimum atomic E-state index is -0.492. The fourth-order valence-electron chi connectivity index (χ4n) is 3.02. The van der Waals surface area contributed by atoms with Crippen molar-refractivity contribution in [1.82, 2.24) is 0 Å². The Morgan fingerprint density at radius 2 is 1.58 bits per heavy atom. The first-order valence-electron chi connectivity index (χ1n) is 8.90. The standard InChI is InChI=1S/C22H27NO3/c1-14(2)10-18-6-8-19(9-7-18)22(25)26-13-20(24)23-21-16(4)11-15(3)12-17(21)5/h6-9,11-12,14H,10,13H2,1-5H3,(H,23,24). The Kier molecular flexibility index (Phi) is 6.56. The highest BCUT2D eigenvalue weighted by Crippen LogP contribution is 2.21. The molecule has 0 aromatic heterocycles. The van der Waals surface area contributed by atoms with Crippen molar-refractivity contribution < 1.29 is 14.3 Å². The van der Waals surface area contributed by atoms with Crippen LogP contribution in [0, 0.1) is 26.7 Å². The minimum Gasteiger partial charge on any atom is -0.452 e. The Morgan fingerprint density at radius 3 is 2.12 bits per heavy atom. The molecule has 0 heterocycles. The van der Waals surface area contributed by atoms with Crippen LogP contribution in [0.1, 0.15) is 46.5 Å². The quantitative estimate of drug-likeness (QED) is 0.772. The molecule has 0 aliphatic carbocycles. The van der Waals surface area contributed by atoms with E-state index in [2.05, 4.69) is 19.2 Å². The number of nitrogens with one attached hydrogen (secondary N) is 1. The number of benzene rings is 2. The molecule has 0 spiro atoms. The van der Waals surface area contributed by atoms with Crippen LogP contribution in [0.4, 0.5) is 5.69 Å². The van der Waals surface area contributed by atoms with Gasteiger partial charge in [0.1, 0.15) is 0 Å². The third-order valence-corrected chi connectivity index (χ3v) is 4.11. The summed E-state index contributed by atoms with van der Waals surface area (Å²) in [5.41, 5.74) is 5.53. The van der Waals surface area contributed by atoms with E-state index >= 15 is 0 Å². The van der Waals surface area contributed by atoms with Gasteiger partial charge in [0, 0.05) is 5.69 Å². The van der Waals surface area contributed by atoms with Crippen molar-refractivity contribution in [2.45, 2.75) is 41.0 Å². The van der Waals surface area contributed by atoms with Crippen molar-refractivity contribution in [3.05, 3.63) is 64.2 Å². The highest BCUT2D eigenvalue weighted by atomic mass is 16.5. The molecule has 0 aliphatic heterocycles. The van der Waals surface area contributed by atoms with Gasteiger partial charge >= 0.3 is 5.97 Å². The molecule has 1 amide bonds. The van der Waals surface area contributed by atoms with Gasteiger partial charge in [-0.2, -0.15) is 0 Å². The monoisotopic (exact) mass is 353 g/mol. The number of rotatable bonds is 6. The van der Waals surface area contributed by atoms with E-state index in [9.17, 15) is 9.59 Å². The molecule has 4 nitrogen and oxygen atoms in total. The van der Waals surface area contributed by atoms with Crippen molar-refractivity contribution in [2.75, 3.05) is 11.9 Å². The summed E-state index contributed by atoms with van der Waals surface area (Å²) in [5, 5.41) is 2.83. The molecule has 1 N–H and O–H groups in total. The third kappa shape index (κ3) is 5.45. The first-order chi connectivity index (χ1) is 12.3. The van der Waals surface area contributed by atoms with Gasteiger partial charge in [-0.05, 0) is 61.9 Å². The van der Waals surface area contributed by atoms with Gasteiger partial charge in [-0.1, -0.05) is 43.7 Å². The Labute approximate surface area is 155 Å². The molecule has 2 aromatic rings. The van der Waals surface area contributed by atoms with E-state index in [0.717, 1.165) is 28.8 Å². The lowest BCUT2D eigenvalue weighted by molar-refractivity contribution is -0.119. The zero-order valence-electron chi connectivity index (χ0n) is 16.2. The molecule has 4 heteroatoms. The van der Waals surface area contributed by atoms with E-state index < -0.39 is 5.97 Å². The number of ether oxygens (including phenoxy) is 1. The summed E-state index contributed by atoms with van der Waals surface area (Å²) in [5.74, 6) is -0.274. The lowest BCUT2D eigenvalue weighted by atomic mass is 10.0. The van der Waals surface area contributed by atoms with Crippen LogP contribution in [-0.4, -0.2) is 18.5 Å². The summed E-state index contributed by atoms with van der Waals surface area (Å²) >= 11 is 0. The first-order valence-corrected chi connectivity index (χ1v) is 8.90. The zero-order valence-corrected chi connectivity index (χ0v) is 16.2. The summed E-state index contributed by atoms with van der Waals surface area (Å²) in [4.78, 5) is 24.2. The lowest BCUT2D eigenvalue weighted by Gasteiger charge is -2.13. The summed E-state index contributed by atoms with van der Waals surface area (Å²) in [6.07, 6.45) is 0.965. The van der Waals surface area contributed by atoms with Gasteiger partial charge in [0.2, 0.25) is 0 Å². The normalized spacial score (nSPS) is 10.7. The van der Waals surface area contributed by atoms with E-state index in [1.165, 1.54) is 5.56 Å². The van der Waals surface area contributed by atoms with Crippen molar-refractivity contribution in [2.24, 2.45) is 5.92 Å². The smallest absolute Gasteiger partial charge is 0.338 e. The van der Waals surface area contributed by atoms with Crippen LogP contribution < -0.4 is 5.32 Å². The van der Waals surface area contributed by atoms with Crippen LogP contribution in [-0.2, 0) is 16.0 Å². The van der Waals surface area contributed by atoms with Gasteiger partial charge in [-0.15, -0.1) is 0 Å². The highest BCUT2D eigenvalue weighted by Gasteiger charge is 2.12. The number of hydrogen-bond donors (Lipinski definition) is 1. The zero-order chi connectivity index (χ0) is 19.3. The molecule has 0 saturated heterocycles. The van der Waals surface area contributed by atoms with Crippen molar-refractivity contribution in [1.29, 1.82) is 0 Å². The van der Waals surface area contributed by atoms with Crippen molar-refractivity contribution in [3.63, 3.8) is 0 Å². The SMILES string of the molecule is Cc1cc(C)c(NC(=O)COC(=O)c2ccc(CC(C)C)cc2)c(C)c1. The summed E-state index contributed by atoms with van der Waals surface area (Å²) in [7, 11) is 0. The van der Waals surface area contributed by atoms with Crippen LogP contribution >= 0.6 is 0 Å². The molecule has 26 heavy (non-hydrogen) atoms. The molecule has 0 atom stereocenters. The molecule has 0 saturated carbocycles. The van der Waals surface area contributed by atoms with Gasteiger partial charge in [0.05, 0.1) is 5.56 Å². The van der Waals surface area contributed by atoms with Crippen LogP contribution in [0.5, 0.6) is 0 Å². The predicted octanol–water partition coefficient (Wildman–Crippen LogP) is 4.61. The van der Waals surface area contributed by atoms with Crippen LogP contribution in [0.2, 0.25) is 0 Å². The molecule has 0 radical (unpaired) electrons. The fraction of sp³-hybridized carbons (Fsp3) is 0.364. The molecule has 0 bridgehead atoms. The van der Waals surface area contributed by atoms with E-state index in [1.807, 2.05) is 45.0 Å². The number of hydrogen-bond acceptors (Lipinski definition) is 3. The number of aryl methyl sites for hydroxylation is 3. The van der Waals surface area contributed by atoms with Gasteiger partial charge < -0.3 is 10.1 Å². The van der Waals surface area contributed by atoms with Crippen LogP contribution in [0.25, 0.3) is 0 Å². The second kappa shape index (κ2) is 8.65. The van der Waals surface area contributed by atoms with Crippen LogP contribution in [0.15, 0.2) is 36.4 Å².